The summed E-state index contributed by atoms with van der Waals surface area (Å²) in [6.07, 6.45) is -0.617. The number of aromatic nitrogens is 1. The second kappa shape index (κ2) is 10.9. The van der Waals surface area contributed by atoms with E-state index in [0.29, 0.717) is 5.69 Å². The molecular formula is C26H28F4N4. The quantitative estimate of drug-likeness (QED) is 0.326. The fourth-order valence-electron chi connectivity index (χ4n) is 4.16. The van der Waals surface area contributed by atoms with E-state index in [0.717, 1.165) is 75.1 Å². The molecule has 0 radical (unpaired) electrons. The first-order valence-corrected chi connectivity index (χ1v) is 11.5. The Balaban J connectivity index is 1.17. The molecule has 180 valence electrons. The Morgan fingerprint density at radius 3 is 2.38 bits per heavy atom. The molecule has 1 saturated heterocycles. The lowest BCUT2D eigenvalue weighted by atomic mass is 10.1. The Labute approximate surface area is 197 Å². The van der Waals surface area contributed by atoms with Crippen molar-refractivity contribution < 1.29 is 17.6 Å². The second-order valence-corrected chi connectivity index (χ2v) is 8.45. The normalized spacial score (nSPS) is 14.9. The average molecular weight is 473 g/mol. The molecule has 1 fully saturated rings. The number of benzene rings is 2. The maximum Gasteiger partial charge on any atom is 0.416 e. The van der Waals surface area contributed by atoms with Crippen molar-refractivity contribution in [1.82, 2.24) is 9.88 Å². The van der Waals surface area contributed by atoms with Gasteiger partial charge in [0.2, 0.25) is 0 Å². The minimum absolute atomic E-state index is 0.264. The Morgan fingerprint density at radius 2 is 1.62 bits per heavy atom. The van der Waals surface area contributed by atoms with E-state index in [4.69, 9.17) is 0 Å². The van der Waals surface area contributed by atoms with E-state index in [1.54, 1.807) is 18.3 Å². The molecule has 1 N–H and O–H groups in total. The van der Waals surface area contributed by atoms with Crippen LogP contribution in [0, 0.1) is 5.82 Å². The number of pyridine rings is 1. The first kappa shape index (κ1) is 24.0. The fraction of sp³-hybridized carbons (Fsp3) is 0.346. The smallest absolute Gasteiger partial charge is 0.370 e. The Bertz CT molecular complexity index is 1080. The van der Waals surface area contributed by atoms with E-state index in [2.05, 4.69) is 15.2 Å². The third-order valence-corrected chi connectivity index (χ3v) is 6.04. The summed E-state index contributed by atoms with van der Waals surface area (Å²) in [4.78, 5) is 8.71. The van der Waals surface area contributed by atoms with Crippen LogP contribution in [0.4, 0.5) is 29.1 Å². The molecule has 0 unspecified atom stereocenters. The SMILES string of the molecule is Fc1cccc(-c2ccnc(NCCCCN3CCN(c4cccc(C(F)(F)F)c4)CC3)c2)c1. The van der Waals surface area contributed by atoms with Gasteiger partial charge in [0, 0.05) is 44.6 Å². The summed E-state index contributed by atoms with van der Waals surface area (Å²) < 4.78 is 52.4. The van der Waals surface area contributed by atoms with Gasteiger partial charge in [0.1, 0.15) is 11.6 Å². The summed E-state index contributed by atoms with van der Waals surface area (Å²) in [6.45, 7) is 4.84. The standard InChI is InChI=1S/C26H28F4N4/c27-23-7-3-5-20(17-23)21-9-11-32-25(18-21)31-10-1-2-12-33-13-15-34(16-14-33)24-8-4-6-22(19-24)26(28,29)30/h3-9,11,17-19H,1-2,10,12-16H2,(H,31,32). The number of rotatable bonds is 8. The van der Waals surface area contributed by atoms with Crippen molar-refractivity contribution in [3.8, 4) is 11.1 Å². The van der Waals surface area contributed by atoms with Gasteiger partial charge in [-0.3, -0.25) is 4.90 Å². The van der Waals surface area contributed by atoms with Gasteiger partial charge >= 0.3 is 6.18 Å². The van der Waals surface area contributed by atoms with Gasteiger partial charge in [-0.25, -0.2) is 9.37 Å². The van der Waals surface area contributed by atoms with Crippen molar-refractivity contribution in [3.05, 3.63) is 78.2 Å². The van der Waals surface area contributed by atoms with Crippen LogP contribution >= 0.6 is 0 Å². The summed E-state index contributed by atoms with van der Waals surface area (Å²) in [5.74, 6) is 0.496. The molecule has 0 spiro atoms. The summed E-state index contributed by atoms with van der Waals surface area (Å²) in [6, 6.07) is 15.8. The van der Waals surface area contributed by atoms with E-state index in [1.807, 2.05) is 23.1 Å². The highest BCUT2D eigenvalue weighted by atomic mass is 19.4. The highest BCUT2D eigenvalue weighted by Crippen LogP contribution is 2.32. The number of unbranched alkanes of at least 4 members (excludes halogenated alkanes) is 1. The van der Waals surface area contributed by atoms with Crippen LogP contribution in [0.2, 0.25) is 0 Å². The van der Waals surface area contributed by atoms with Gasteiger partial charge in [-0.2, -0.15) is 13.2 Å². The second-order valence-electron chi connectivity index (χ2n) is 8.45. The lowest BCUT2D eigenvalue weighted by Gasteiger charge is -2.36. The molecule has 2 aromatic carbocycles. The van der Waals surface area contributed by atoms with Crippen molar-refractivity contribution in [3.63, 3.8) is 0 Å². The van der Waals surface area contributed by atoms with Crippen molar-refractivity contribution >= 4 is 11.5 Å². The maximum absolute atomic E-state index is 13.5. The Kier molecular flexibility index (Phi) is 7.67. The molecule has 1 aromatic heterocycles. The van der Waals surface area contributed by atoms with Gasteiger partial charge in [-0.05, 0) is 73.0 Å². The third kappa shape index (κ3) is 6.47. The predicted molar refractivity (Wildman–Crippen MR) is 127 cm³/mol. The molecule has 0 saturated carbocycles. The molecule has 4 nitrogen and oxygen atoms in total. The van der Waals surface area contributed by atoms with Crippen LogP contribution in [0.25, 0.3) is 11.1 Å². The molecule has 0 amide bonds. The first-order valence-electron chi connectivity index (χ1n) is 11.5. The zero-order valence-corrected chi connectivity index (χ0v) is 18.9. The Morgan fingerprint density at radius 1 is 0.853 bits per heavy atom. The molecule has 3 aromatic rings. The number of piperazine rings is 1. The van der Waals surface area contributed by atoms with Crippen LogP contribution in [0.1, 0.15) is 18.4 Å². The van der Waals surface area contributed by atoms with Gasteiger partial charge in [-0.15, -0.1) is 0 Å². The number of hydrogen-bond donors (Lipinski definition) is 1. The van der Waals surface area contributed by atoms with E-state index in [1.165, 1.54) is 24.3 Å². The topological polar surface area (TPSA) is 31.4 Å². The van der Waals surface area contributed by atoms with Crippen LogP contribution in [-0.4, -0.2) is 49.2 Å². The van der Waals surface area contributed by atoms with E-state index < -0.39 is 11.7 Å². The molecule has 2 heterocycles. The summed E-state index contributed by atoms with van der Waals surface area (Å²) >= 11 is 0. The molecule has 1 aliphatic heterocycles. The molecule has 0 atom stereocenters. The summed E-state index contributed by atoms with van der Waals surface area (Å²) in [5, 5.41) is 3.33. The summed E-state index contributed by atoms with van der Waals surface area (Å²) in [5.41, 5.74) is 1.76. The Hall–Kier alpha value is -3.13. The number of halogens is 4. The molecule has 4 rings (SSSR count). The average Bonchev–Trinajstić information content (AvgIpc) is 2.84. The zero-order chi connectivity index (χ0) is 24.0. The van der Waals surface area contributed by atoms with Gasteiger partial charge in [0.05, 0.1) is 5.56 Å². The highest BCUT2D eigenvalue weighted by Gasteiger charge is 2.31. The largest absolute Gasteiger partial charge is 0.416 e. The van der Waals surface area contributed by atoms with Crippen molar-refractivity contribution in [2.75, 3.05) is 49.5 Å². The predicted octanol–water partition coefficient (Wildman–Crippen LogP) is 5.92. The van der Waals surface area contributed by atoms with Crippen LogP contribution in [0.5, 0.6) is 0 Å². The van der Waals surface area contributed by atoms with Crippen molar-refractivity contribution in [2.24, 2.45) is 0 Å². The third-order valence-electron chi connectivity index (χ3n) is 6.04. The molecule has 1 aliphatic rings. The van der Waals surface area contributed by atoms with Crippen LogP contribution in [0.15, 0.2) is 66.9 Å². The molecular weight excluding hydrogens is 444 g/mol. The minimum Gasteiger partial charge on any atom is -0.370 e. The maximum atomic E-state index is 13.5. The van der Waals surface area contributed by atoms with Gasteiger partial charge < -0.3 is 10.2 Å². The fourth-order valence-corrected chi connectivity index (χ4v) is 4.16. The number of nitrogens with zero attached hydrogens (tertiary/aromatic N) is 3. The molecule has 0 bridgehead atoms. The summed E-state index contributed by atoms with van der Waals surface area (Å²) in [7, 11) is 0. The van der Waals surface area contributed by atoms with E-state index in [9.17, 15) is 17.6 Å². The van der Waals surface area contributed by atoms with E-state index in [-0.39, 0.29) is 5.82 Å². The monoisotopic (exact) mass is 472 g/mol. The van der Waals surface area contributed by atoms with Crippen LogP contribution in [-0.2, 0) is 6.18 Å². The van der Waals surface area contributed by atoms with Crippen LogP contribution in [0.3, 0.4) is 0 Å². The zero-order valence-electron chi connectivity index (χ0n) is 18.9. The number of anilines is 2. The molecule has 34 heavy (non-hydrogen) atoms. The van der Waals surface area contributed by atoms with Crippen LogP contribution < -0.4 is 10.2 Å². The van der Waals surface area contributed by atoms with Gasteiger partial charge in [0.15, 0.2) is 0 Å². The number of alkyl halides is 3. The van der Waals surface area contributed by atoms with E-state index >= 15 is 0 Å². The molecule has 0 aliphatic carbocycles. The highest BCUT2D eigenvalue weighted by molar-refractivity contribution is 5.66. The van der Waals surface area contributed by atoms with Gasteiger partial charge in [-0.1, -0.05) is 18.2 Å². The molecule has 8 heteroatoms. The number of hydrogen-bond acceptors (Lipinski definition) is 4. The van der Waals surface area contributed by atoms with Crippen molar-refractivity contribution in [1.29, 1.82) is 0 Å². The first-order chi connectivity index (χ1) is 16.4. The van der Waals surface area contributed by atoms with Gasteiger partial charge in [0.25, 0.3) is 0 Å². The lowest BCUT2D eigenvalue weighted by Crippen LogP contribution is -2.46. The lowest BCUT2D eigenvalue weighted by molar-refractivity contribution is -0.137. The van der Waals surface area contributed by atoms with Crippen molar-refractivity contribution in [2.45, 2.75) is 19.0 Å². The number of nitrogens with one attached hydrogen (secondary N) is 1. The minimum atomic E-state index is -4.32.